The zero-order valence-corrected chi connectivity index (χ0v) is 13.6. The first kappa shape index (κ1) is 14.5. The summed E-state index contributed by atoms with van der Waals surface area (Å²) in [5.74, 6) is 0. The Kier molecular flexibility index (Phi) is 4.76. The molecule has 0 radical (unpaired) electrons. The Morgan fingerprint density at radius 2 is 1.85 bits per heavy atom. The van der Waals surface area contributed by atoms with Gasteiger partial charge in [0, 0.05) is 36.2 Å². The lowest BCUT2D eigenvalue weighted by molar-refractivity contribution is 0.203. The third kappa shape index (κ3) is 3.08. The summed E-state index contributed by atoms with van der Waals surface area (Å²) < 4.78 is 1.13. The first-order chi connectivity index (χ1) is 9.78. The molecule has 2 saturated heterocycles. The van der Waals surface area contributed by atoms with Crippen molar-refractivity contribution in [2.24, 2.45) is 5.73 Å². The molecule has 4 heteroatoms. The van der Waals surface area contributed by atoms with Gasteiger partial charge >= 0.3 is 0 Å². The van der Waals surface area contributed by atoms with Crippen LogP contribution >= 0.6 is 15.9 Å². The average Bonchev–Trinajstić information content (AvgIpc) is 3.12. The second-order valence-electron chi connectivity index (χ2n) is 5.98. The minimum Gasteiger partial charge on any atom is -0.329 e. The molecule has 20 heavy (non-hydrogen) atoms. The highest BCUT2D eigenvalue weighted by Crippen LogP contribution is 2.28. The van der Waals surface area contributed by atoms with Gasteiger partial charge in [-0.1, -0.05) is 28.1 Å². The van der Waals surface area contributed by atoms with Crippen LogP contribution in [0.2, 0.25) is 0 Å². The Labute approximate surface area is 130 Å². The van der Waals surface area contributed by atoms with E-state index in [-0.39, 0.29) is 0 Å². The van der Waals surface area contributed by atoms with E-state index in [1.165, 1.54) is 51.0 Å². The Hall–Kier alpha value is -0.420. The number of benzene rings is 1. The lowest BCUT2D eigenvalue weighted by Crippen LogP contribution is -2.38. The van der Waals surface area contributed by atoms with Crippen molar-refractivity contribution in [3.05, 3.63) is 34.3 Å². The summed E-state index contributed by atoms with van der Waals surface area (Å²) in [5, 5.41) is 0. The summed E-state index contributed by atoms with van der Waals surface area (Å²) in [5.41, 5.74) is 7.40. The van der Waals surface area contributed by atoms with Crippen LogP contribution in [0, 0.1) is 0 Å². The second-order valence-corrected chi connectivity index (χ2v) is 6.90. The molecule has 2 N–H and O–H groups in total. The maximum atomic E-state index is 6.05. The van der Waals surface area contributed by atoms with Crippen LogP contribution in [-0.2, 0) is 0 Å². The highest BCUT2D eigenvalue weighted by molar-refractivity contribution is 9.10. The van der Waals surface area contributed by atoms with Crippen LogP contribution in [0.25, 0.3) is 0 Å². The number of nitrogens with two attached hydrogens (primary N) is 1. The largest absolute Gasteiger partial charge is 0.329 e. The summed E-state index contributed by atoms with van der Waals surface area (Å²) in [6.45, 7) is 5.65. The molecule has 2 atom stereocenters. The van der Waals surface area contributed by atoms with Gasteiger partial charge in [-0.15, -0.1) is 0 Å². The second kappa shape index (κ2) is 6.56. The third-order valence-electron chi connectivity index (χ3n) is 4.77. The Bertz CT molecular complexity index is 428. The lowest BCUT2D eigenvalue weighted by Gasteiger charge is -2.29. The van der Waals surface area contributed by atoms with E-state index in [1.54, 1.807) is 0 Å². The van der Waals surface area contributed by atoms with Gasteiger partial charge in [0.1, 0.15) is 0 Å². The maximum absolute atomic E-state index is 6.05. The number of rotatable bonds is 4. The van der Waals surface area contributed by atoms with Crippen LogP contribution in [0.1, 0.15) is 30.9 Å². The van der Waals surface area contributed by atoms with E-state index < -0.39 is 0 Å². The maximum Gasteiger partial charge on any atom is 0.0471 e. The van der Waals surface area contributed by atoms with E-state index in [4.69, 9.17) is 5.73 Å². The fourth-order valence-corrected chi connectivity index (χ4v) is 3.90. The van der Waals surface area contributed by atoms with E-state index in [1.807, 2.05) is 0 Å². The predicted octanol–water partition coefficient (Wildman–Crippen LogP) is 2.62. The molecule has 2 heterocycles. The molecule has 0 bridgehead atoms. The van der Waals surface area contributed by atoms with Crippen molar-refractivity contribution < 1.29 is 0 Å². The van der Waals surface area contributed by atoms with Crippen molar-refractivity contribution in [3.8, 4) is 0 Å². The third-order valence-corrected chi connectivity index (χ3v) is 5.30. The van der Waals surface area contributed by atoms with Crippen LogP contribution in [0.3, 0.4) is 0 Å². The molecule has 2 aliphatic rings. The normalized spacial score (nSPS) is 26.2. The van der Waals surface area contributed by atoms with Gasteiger partial charge in [0.25, 0.3) is 0 Å². The van der Waals surface area contributed by atoms with Gasteiger partial charge < -0.3 is 5.73 Å². The molecule has 0 aliphatic carbocycles. The van der Waals surface area contributed by atoms with Gasteiger partial charge in [0.15, 0.2) is 0 Å². The highest BCUT2D eigenvalue weighted by atomic mass is 79.9. The molecule has 2 fully saturated rings. The minimum atomic E-state index is 0.371. The molecular weight excluding hydrogens is 314 g/mol. The van der Waals surface area contributed by atoms with Gasteiger partial charge in [0.2, 0.25) is 0 Å². The van der Waals surface area contributed by atoms with Crippen molar-refractivity contribution in [3.63, 3.8) is 0 Å². The zero-order valence-electron chi connectivity index (χ0n) is 12.0. The van der Waals surface area contributed by atoms with Crippen molar-refractivity contribution in [2.45, 2.75) is 31.3 Å². The van der Waals surface area contributed by atoms with E-state index in [2.05, 4.69) is 50.0 Å². The van der Waals surface area contributed by atoms with E-state index >= 15 is 0 Å². The summed E-state index contributed by atoms with van der Waals surface area (Å²) in [7, 11) is 0. The fraction of sp³-hybridized carbons (Fsp3) is 0.625. The van der Waals surface area contributed by atoms with Crippen LogP contribution in [0.5, 0.6) is 0 Å². The van der Waals surface area contributed by atoms with Crippen molar-refractivity contribution in [1.29, 1.82) is 0 Å². The molecule has 110 valence electrons. The van der Waals surface area contributed by atoms with Crippen LogP contribution < -0.4 is 5.73 Å². The molecule has 0 amide bonds. The first-order valence-electron chi connectivity index (χ1n) is 7.71. The van der Waals surface area contributed by atoms with E-state index in [0.717, 1.165) is 10.5 Å². The van der Waals surface area contributed by atoms with Gasteiger partial charge in [-0.25, -0.2) is 0 Å². The molecular formula is C16H24BrN3. The van der Waals surface area contributed by atoms with Crippen molar-refractivity contribution >= 4 is 15.9 Å². The standard InChI is InChI=1S/C16H24BrN3/c17-14-5-3-13(4-6-14)16(11-18)20-10-7-15(12-20)19-8-1-2-9-19/h3-6,15-16H,1-2,7-12,18H2. The average molecular weight is 338 g/mol. The number of hydrogen-bond donors (Lipinski definition) is 1. The van der Waals surface area contributed by atoms with E-state index in [0.29, 0.717) is 12.6 Å². The van der Waals surface area contributed by atoms with Crippen molar-refractivity contribution in [2.75, 3.05) is 32.7 Å². The molecule has 3 rings (SSSR count). The molecule has 3 nitrogen and oxygen atoms in total. The highest BCUT2D eigenvalue weighted by Gasteiger charge is 2.32. The summed E-state index contributed by atoms with van der Waals surface area (Å²) in [6, 6.07) is 9.76. The predicted molar refractivity (Wildman–Crippen MR) is 86.7 cm³/mol. The Morgan fingerprint density at radius 1 is 1.15 bits per heavy atom. The SMILES string of the molecule is NCC(c1ccc(Br)cc1)N1CCC(N2CCCC2)C1. The summed E-state index contributed by atoms with van der Waals surface area (Å²) in [6.07, 6.45) is 4.06. The fourth-order valence-electron chi connectivity index (χ4n) is 3.64. The monoisotopic (exact) mass is 337 g/mol. The van der Waals surface area contributed by atoms with Gasteiger partial charge in [-0.2, -0.15) is 0 Å². The number of nitrogens with zero attached hydrogens (tertiary/aromatic N) is 2. The molecule has 2 aliphatic heterocycles. The Balaban J connectivity index is 1.66. The van der Waals surface area contributed by atoms with Crippen LogP contribution in [-0.4, -0.2) is 48.6 Å². The topological polar surface area (TPSA) is 32.5 Å². The summed E-state index contributed by atoms with van der Waals surface area (Å²) in [4.78, 5) is 5.25. The van der Waals surface area contributed by atoms with Crippen LogP contribution in [0.4, 0.5) is 0 Å². The molecule has 0 saturated carbocycles. The number of hydrogen-bond acceptors (Lipinski definition) is 3. The number of likely N-dealkylation sites (tertiary alicyclic amines) is 2. The molecule has 1 aromatic carbocycles. The molecule has 1 aromatic rings. The molecule has 0 spiro atoms. The molecule has 0 aromatic heterocycles. The van der Waals surface area contributed by atoms with Gasteiger partial charge in [-0.05, 0) is 50.0 Å². The Morgan fingerprint density at radius 3 is 2.50 bits per heavy atom. The molecule has 2 unspecified atom stereocenters. The number of halogens is 1. The van der Waals surface area contributed by atoms with Crippen LogP contribution in [0.15, 0.2) is 28.7 Å². The lowest BCUT2D eigenvalue weighted by atomic mass is 10.1. The van der Waals surface area contributed by atoms with Gasteiger partial charge in [-0.3, -0.25) is 9.80 Å². The smallest absolute Gasteiger partial charge is 0.0471 e. The van der Waals surface area contributed by atoms with Crippen molar-refractivity contribution in [1.82, 2.24) is 9.80 Å². The zero-order chi connectivity index (χ0) is 13.9. The van der Waals surface area contributed by atoms with Gasteiger partial charge in [0.05, 0.1) is 0 Å². The quantitative estimate of drug-likeness (QED) is 0.916. The first-order valence-corrected chi connectivity index (χ1v) is 8.51. The van der Waals surface area contributed by atoms with E-state index in [9.17, 15) is 0 Å². The minimum absolute atomic E-state index is 0.371. The summed E-state index contributed by atoms with van der Waals surface area (Å²) >= 11 is 3.50.